The number of hydrogen-bond acceptors (Lipinski definition) is 7. The number of fused-ring (bicyclic) bond motifs is 1. The molecule has 7 nitrogen and oxygen atoms in total. The first-order valence-electron chi connectivity index (χ1n) is 12.3. The molecule has 188 valence electrons. The zero-order valence-corrected chi connectivity index (χ0v) is 22.8. The van der Waals surface area contributed by atoms with E-state index in [0.717, 1.165) is 51.9 Å². The van der Waals surface area contributed by atoms with Crippen LogP contribution in [0.4, 0.5) is 5.95 Å². The molecule has 0 fully saturated rings. The lowest BCUT2D eigenvalue weighted by molar-refractivity contribution is -0.116. The summed E-state index contributed by atoms with van der Waals surface area (Å²) in [7, 11) is 0. The van der Waals surface area contributed by atoms with Crippen molar-refractivity contribution in [3.05, 3.63) is 69.3 Å². The number of thioether (sulfide) groups is 1. The summed E-state index contributed by atoms with van der Waals surface area (Å²) in [6.07, 6.45) is 3.23. The molecule has 1 unspecified atom stereocenters. The molecule has 9 heteroatoms. The van der Waals surface area contributed by atoms with Crippen LogP contribution in [0.15, 0.2) is 63.4 Å². The minimum absolute atomic E-state index is 0.149. The number of carbonyl (C=O) groups excluding carboxylic acids is 1. The molecule has 0 bridgehead atoms. The van der Waals surface area contributed by atoms with Crippen molar-refractivity contribution >= 4 is 39.4 Å². The summed E-state index contributed by atoms with van der Waals surface area (Å²) in [5.41, 5.74) is 3.68. The van der Waals surface area contributed by atoms with Crippen LogP contribution in [0.5, 0.6) is 11.5 Å². The smallest absolute Gasteiger partial charge is 0.227 e. The zero-order valence-electron chi connectivity index (χ0n) is 20.4. The number of allylic oxidation sites excluding steroid dienone is 2. The maximum atomic E-state index is 13.2. The molecule has 1 aliphatic carbocycles. The molecule has 0 radical (unpaired) electrons. The quantitative estimate of drug-likeness (QED) is 0.293. The Labute approximate surface area is 223 Å². The lowest BCUT2D eigenvalue weighted by atomic mass is 9.85. The van der Waals surface area contributed by atoms with Crippen molar-refractivity contribution in [2.45, 2.75) is 57.3 Å². The van der Waals surface area contributed by atoms with E-state index in [1.54, 1.807) is 11.8 Å². The molecular formula is C27H29BrN4O3S. The minimum atomic E-state index is -0.383. The van der Waals surface area contributed by atoms with Crippen LogP contribution in [0.3, 0.4) is 0 Å². The second kappa shape index (κ2) is 11.1. The van der Waals surface area contributed by atoms with Gasteiger partial charge < -0.3 is 14.8 Å². The Morgan fingerprint density at radius 1 is 1.17 bits per heavy atom. The highest BCUT2D eigenvalue weighted by molar-refractivity contribution is 9.10. The Hall–Kier alpha value is -2.78. The monoisotopic (exact) mass is 568 g/mol. The number of nitrogens with zero attached hydrogens (tertiary/aromatic N) is 3. The number of halogens is 1. The summed E-state index contributed by atoms with van der Waals surface area (Å²) >= 11 is 5.35. The first-order valence-corrected chi connectivity index (χ1v) is 14.1. The fourth-order valence-electron chi connectivity index (χ4n) is 4.58. The highest BCUT2D eigenvalue weighted by atomic mass is 79.9. The number of benzene rings is 2. The van der Waals surface area contributed by atoms with Crippen molar-refractivity contribution in [3.8, 4) is 11.5 Å². The molecular weight excluding hydrogens is 540 g/mol. The number of Topliss-reactive ketones (excluding diaryl/α,β-unsaturated/α-hetero) is 1. The van der Waals surface area contributed by atoms with Gasteiger partial charge in [0.25, 0.3) is 0 Å². The predicted octanol–water partition coefficient (Wildman–Crippen LogP) is 6.54. The van der Waals surface area contributed by atoms with E-state index < -0.39 is 0 Å². The van der Waals surface area contributed by atoms with E-state index in [-0.39, 0.29) is 11.8 Å². The van der Waals surface area contributed by atoms with Gasteiger partial charge >= 0.3 is 0 Å². The highest BCUT2D eigenvalue weighted by Crippen LogP contribution is 2.45. The predicted molar refractivity (Wildman–Crippen MR) is 145 cm³/mol. The summed E-state index contributed by atoms with van der Waals surface area (Å²) in [6, 6.07) is 13.6. The van der Waals surface area contributed by atoms with Gasteiger partial charge in [-0.15, -0.1) is 5.10 Å². The van der Waals surface area contributed by atoms with Gasteiger partial charge in [-0.1, -0.05) is 49.0 Å². The Balaban J connectivity index is 1.56. The van der Waals surface area contributed by atoms with Crippen LogP contribution in [-0.2, 0) is 11.4 Å². The minimum Gasteiger partial charge on any atom is -0.490 e. The average molecular weight is 570 g/mol. The molecule has 1 aliphatic heterocycles. The van der Waals surface area contributed by atoms with Gasteiger partial charge in [0.05, 0.1) is 11.1 Å². The normalized spacial score (nSPS) is 16.9. The van der Waals surface area contributed by atoms with E-state index >= 15 is 0 Å². The lowest BCUT2D eigenvalue weighted by Gasteiger charge is -2.32. The molecule has 5 rings (SSSR count). The van der Waals surface area contributed by atoms with Crippen molar-refractivity contribution in [1.29, 1.82) is 0 Å². The van der Waals surface area contributed by atoms with Crippen LogP contribution < -0.4 is 14.8 Å². The standard InChI is InChI=1S/C27H29BrN4O3S/c1-3-13-36-27-30-26-29-20-11-8-12-21(33)23(20)24(32(26)31-27)18-14-19(28)25(22(15-18)34-4-2)35-16-17-9-6-5-7-10-17/h5-7,9-10,14-15,24H,3-4,8,11-13,16H2,1-2H3,(H,29,30,31). The third kappa shape index (κ3) is 5.04. The summed E-state index contributed by atoms with van der Waals surface area (Å²) < 4.78 is 14.8. The van der Waals surface area contributed by atoms with Crippen LogP contribution in [0.1, 0.15) is 56.7 Å². The summed E-state index contributed by atoms with van der Waals surface area (Å²) in [4.78, 5) is 17.9. The van der Waals surface area contributed by atoms with Gasteiger partial charge in [-0.05, 0) is 65.4 Å². The van der Waals surface area contributed by atoms with Gasteiger partial charge in [-0.2, -0.15) is 4.98 Å². The van der Waals surface area contributed by atoms with Crippen molar-refractivity contribution in [2.24, 2.45) is 0 Å². The lowest BCUT2D eigenvalue weighted by Crippen LogP contribution is -2.31. The largest absolute Gasteiger partial charge is 0.490 e. The molecule has 2 aliphatic rings. The van der Waals surface area contributed by atoms with Gasteiger partial charge in [-0.3, -0.25) is 4.79 Å². The number of ketones is 1. The number of aromatic nitrogens is 3. The zero-order chi connectivity index (χ0) is 25.1. The number of hydrogen-bond donors (Lipinski definition) is 1. The van der Waals surface area contributed by atoms with Crippen molar-refractivity contribution in [2.75, 3.05) is 17.7 Å². The fourth-order valence-corrected chi connectivity index (χ4v) is 5.84. The molecule has 0 amide bonds. The van der Waals surface area contributed by atoms with E-state index in [4.69, 9.17) is 19.6 Å². The Morgan fingerprint density at radius 3 is 2.78 bits per heavy atom. The van der Waals surface area contributed by atoms with Crippen molar-refractivity contribution in [1.82, 2.24) is 14.8 Å². The van der Waals surface area contributed by atoms with Gasteiger partial charge in [-0.25, -0.2) is 4.68 Å². The summed E-state index contributed by atoms with van der Waals surface area (Å²) in [6.45, 7) is 5.00. The number of anilines is 1. The van der Waals surface area contributed by atoms with E-state index in [0.29, 0.717) is 42.2 Å². The highest BCUT2D eigenvalue weighted by Gasteiger charge is 2.37. The van der Waals surface area contributed by atoms with Crippen LogP contribution in [-0.4, -0.2) is 32.9 Å². The molecule has 0 saturated heterocycles. The van der Waals surface area contributed by atoms with E-state index in [2.05, 4.69) is 28.2 Å². The Morgan fingerprint density at radius 2 is 2.00 bits per heavy atom. The van der Waals surface area contributed by atoms with E-state index in [1.807, 2.05) is 54.1 Å². The molecule has 1 N–H and O–H groups in total. The second-order valence-corrected chi connectivity index (χ2v) is 10.7. The molecule has 36 heavy (non-hydrogen) atoms. The topological polar surface area (TPSA) is 78.3 Å². The molecule has 0 spiro atoms. The van der Waals surface area contributed by atoms with E-state index in [9.17, 15) is 4.79 Å². The van der Waals surface area contributed by atoms with Crippen LogP contribution in [0.2, 0.25) is 0 Å². The first-order chi connectivity index (χ1) is 17.6. The SMILES string of the molecule is CCCSc1nc2n(n1)C(c1cc(Br)c(OCc3ccccc3)c(OCC)c1)C1=C(CCCC1=O)N2. The molecule has 2 aromatic carbocycles. The molecule has 1 atom stereocenters. The third-order valence-electron chi connectivity index (χ3n) is 6.16. The molecule has 1 aromatic heterocycles. The van der Waals surface area contributed by atoms with Crippen LogP contribution >= 0.6 is 27.7 Å². The molecule has 3 aromatic rings. The summed E-state index contributed by atoms with van der Waals surface area (Å²) in [5, 5.41) is 8.92. The number of ether oxygens (including phenoxy) is 2. The maximum absolute atomic E-state index is 13.2. The number of rotatable bonds is 9. The number of nitrogens with one attached hydrogen (secondary N) is 1. The third-order valence-corrected chi connectivity index (χ3v) is 7.79. The maximum Gasteiger partial charge on any atom is 0.227 e. The van der Waals surface area contributed by atoms with Crippen molar-refractivity contribution in [3.63, 3.8) is 0 Å². The van der Waals surface area contributed by atoms with Crippen molar-refractivity contribution < 1.29 is 14.3 Å². The van der Waals surface area contributed by atoms with Gasteiger partial charge in [0, 0.05) is 23.4 Å². The molecule has 2 heterocycles. The first kappa shape index (κ1) is 24.9. The van der Waals surface area contributed by atoms with Gasteiger partial charge in [0.2, 0.25) is 11.1 Å². The van der Waals surface area contributed by atoms with Gasteiger partial charge in [0.1, 0.15) is 12.6 Å². The van der Waals surface area contributed by atoms with Crippen LogP contribution in [0, 0.1) is 0 Å². The Bertz CT molecular complexity index is 1290. The average Bonchev–Trinajstić information content (AvgIpc) is 3.29. The van der Waals surface area contributed by atoms with E-state index in [1.165, 1.54) is 0 Å². The second-order valence-electron chi connectivity index (χ2n) is 8.74. The van der Waals surface area contributed by atoms with Gasteiger partial charge in [0.15, 0.2) is 17.3 Å². The molecule has 0 saturated carbocycles. The van der Waals surface area contributed by atoms with Crippen LogP contribution in [0.25, 0.3) is 0 Å². The number of carbonyl (C=O) groups is 1. The summed E-state index contributed by atoms with van der Waals surface area (Å²) in [5.74, 6) is 3.03. The fraction of sp³-hybridized carbons (Fsp3) is 0.370. The Kier molecular flexibility index (Phi) is 7.67.